The quantitative estimate of drug-likeness (QED) is 0.794. The van der Waals surface area contributed by atoms with Crippen LogP contribution in [-0.2, 0) is 0 Å². The molecule has 16 heavy (non-hydrogen) atoms. The van der Waals surface area contributed by atoms with Gasteiger partial charge in [0, 0.05) is 11.8 Å². The lowest BCUT2D eigenvalue weighted by atomic mass is 10.1. The van der Waals surface area contributed by atoms with Gasteiger partial charge in [0.2, 0.25) is 5.43 Å². The minimum absolute atomic E-state index is 0.0340. The summed E-state index contributed by atoms with van der Waals surface area (Å²) in [5.74, 6) is -1.08. The van der Waals surface area contributed by atoms with E-state index in [0.717, 1.165) is 0 Å². The summed E-state index contributed by atoms with van der Waals surface area (Å²) in [5, 5.41) is 9.62. The van der Waals surface area contributed by atoms with Gasteiger partial charge in [0.15, 0.2) is 5.75 Å². The lowest BCUT2D eigenvalue weighted by Crippen LogP contribution is -1.96. The average molecular weight is 217 g/mol. The smallest absolute Gasteiger partial charge is 0.220 e. The number of pyridine rings is 1. The molecule has 1 N–H and O–H groups in total. The van der Waals surface area contributed by atoms with Gasteiger partial charge in [0.05, 0.1) is 0 Å². The molecule has 3 nitrogen and oxygen atoms in total. The van der Waals surface area contributed by atoms with Crippen molar-refractivity contribution in [3.05, 3.63) is 58.6 Å². The van der Waals surface area contributed by atoms with Crippen LogP contribution in [0.1, 0.15) is 0 Å². The fourth-order valence-corrected chi connectivity index (χ4v) is 1.36. The third kappa shape index (κ3) is 1.77. The number of nitrogens with zero attached hydrogens (tertiary/aromatic N) is 1. The molecule has 0 aliphatic rings. The van der Waals surface area contributed by atoms with E-state index in [1.165, 1.54) is 36.5 Å². The molecule has 0 aliphatic carbocycles. The first-order valence-corrected chi connectivity index (χ1v) is 4.63. The van der Waals surface area contributed by atoms with Crippen molar-refractivity contribution in [2.45, 2.75) is 0 Å². The summed E-state index contributed by atoms with van der Waals surface area (Å²) in [7, 11) is 0. The van der Waals surface area contributed by atoms with Crippen LogP contribution in [-0.4, -0.2) is 10.1 Å². The normalized spacial score (nSPS) is 10.1. The van der Waals surface area contributed by atoms with Gasteiger partial charge in [-0.2, -0.15) is 0 Å². The maximum Gasteiger partial charge on any atom is 0.220 e. The third-order valence-corrected chi connectivity index (χ3v) is 2.12. The first-order valence-electron chi connectivity index (χ1n) is 4.63. The first kappa shape index (κ1) is 10.3. The SMILES string of the molecule is O=c1ccccc(-c2ncccc2F)c1O. The number of aromatic nitrogens is 1. The summed E-state index contributed by atoms with van der Waals surface area (Å²) in [6.07, 6.45) is 1.40. The molecule has 0 radical (unpaired) electrons. The summed E-state index contributed by atoms with van der Waals surface area (Å²) in [4.78, 5) is 15.1. The van der Waals surface area contributed by atoms with E-state index in [9.17, 15) is 14.3 Å². The predicted molar refractivity (Wildman–Crippen MR) is 57.6 cm³/mol. The van der Waals surface area contributed by atoms with Gasteiger partial charge < -0.3 is 5.11 Å². The van der Waals surface area contributed by atoms with Crippen LogP contribution in [0.2, 0.25) is 0 Å². The highest BCUT2D eigenvalue weighted by Gasteiger charge is 2.10. The fourth-order valence-electron chi connectivity index (χ4n) is 1.36. The monoisotopic (exact) mass is 217 g/mol. The van der Waals surface area contributed by atoms with Crippen molar-refractivity contribution in [1.82, 2.24) is 4.98 Å². The Balaban J connectivity index is 2.76. The molecule has 1 heterocycles. The van der Waals surface area contributed by atoms with E-state index >= 15 is 0 Å². The summed E-state index contributed by atoms with van der Waals surface area (Å²) in [6.45, 7) is 0. The summed E-state index contributed by atoms with van der Waals surface area (Å²) >= 11 is 0. The molecular formula is C12H8FNO2. The van der Waals surface area contributed by atoms with Crippen LogP contribution < -0.4 is 5.43 Å². The average Bonchev–Trinajstić information content (AvgIpc) is 2.44. The molecule has 0 saturated carbocycles. The molecule has 1 aromatic heterocycles. The highest BCUT2D eigenvalue weighted by Crippen LogP contribution is 2.25. The molecule has 2 aromatic rings. The van der Waals surface area contributed by atoms with Crippen molar-refractivity contribution < 1.29 is 9.50 Å². The molecule has 1 aromatic carbocycles. The lowest BCUT2D eigenvalue weighted by Gasteiger charge is -2.00. The Kier molecular flexibility index (Phi) is 2.64. The van der Waals surface area contributed by atoms with E-state index in [0.29, 0.717) is 0 Å². The second kappa shape index (κ2) is 4.10. The molecule has 0 atom stereocenters. The van der Waals surface area contributed by atoms with Gasteiger partial charge >= 0.3 is 0 Å². The van der Waals surface area contributed by atoms with Crippen LogP contribution in [0.4, 0.5) is 4.39 Å². The van der Waals surface area contributed by atoms with Crippen LogP contribution in [0.3, 0.4) is 0 Å². The second-order valence-electron chi connectivity index (χ2n) is 3.18. The van der Waals surface area contributed by atoms with Gasteiger partial charge in [0.1, 0.15) is 11.5 Å². The Morgan fingerprint density at radius 3 is 2.62 bits per heavy atom. The Hall–Kier alpha value is -2.23. The number of halogens is 1. The van der Waals surface area contributed by atoms with Crippen molar-refractivity contribution in [1.29, 1.82) is 0 Å². The van der Waals surface area contributed by atoms with E-state index in [1.807, 2.05) is 0 Å². The van der Waals surface area contributed by atoms with Crippen molar-refractivity contribution in [3.63, 3.8) is 0 Å². The Labute approximate surface area is 90.8 Å². The molecule has 0 spiro atoms. The molecule has 80 valence electrons. The standard InChI is InChI=1S/C12H8FNO2/c13-9-5-3-7-14-11(9)8-4-1-2-6-10(15)12(8)16/h1-7H,(H,15,16). The molecule has 0 amide bonds. The zero-order chi connectivity index (χ0) is 11.5. The van der Waals surface area contributed by atoms with E-state index in [-0.39, 0.29) is 11.3 Å². The van der Waals surface area contributed by atoms with E-state index < -0.39 is 17.0 Å². The van der Waals surface area contributed by atoms with Gasteiger partial charge in [-0.1, -0.05) is 12.1 Å². The topological polar surface area (TPSA) is 50.2 Å². The number of aromatic hydroxyl groups is 1. The molecule has 0 saturated heterocycles. The zero-order valence-electron chi connectivity index (χ0n) is 8.22. The summed E-state index contributed by atoms with van der Waals surface area (Å²) in [5.41, 5.74) is -0.508. The van der Waals surface area contributed by atoms with Gasteiger partial charge in [-0.05, 0) is 24.3 Å². The van der Waals surface area contributed by atoms with Crippen LogP contribution in [0.5, 0.6) is 5.75 Å². The Morgan fingerprint density at radius 1 is 1.12 bits per heavy atom. The van der Waals surface area contributed by atoms with Gasteiger partial charge in [-0.25, -0.2) is 4.39 Å². The molecule has 2 rings (SSSR count). The summed E-state index contributed by atoms with van der Waals surface area (Å²) in [6, 6.07) is 8.34. The molecule has 0 unspecified atom stereocenters. The van der Waals surface area contributed by atoms with Crippen LogP contribution in [0.15, 0.2) is 47.4 Å². The number of hydrogen-bond acceptors (Lipinski definition) is 3. The maximum atomic E-state index is 13.4. The maximum absolute atomic E-state index is 13.4. The Morgan fingerprint density at radius 2 is 1.88 bits per heavy atom. The molecule has 0 fully saturated rings. The lowest BCUT2D eigenvalue weighted by molar-refractivity contribution is 0.472. The van der Waals surface area contributed by atoms with Crippen molar-refractivity contribution in [2.24, 2.45) is 0 Å². The van der Waals surface area contributed by atoms with Crippen LogP contribution >= 0.6 is 0 Å². The van der Waals surface area contributed by atoms with Gasteiger partial charge in [0.25, 0.3) is 0 Å². The third-order valence-electron chi connectivity index (χ3n) is 2.12. The minimum atomic E-state index is -0.580. The number of hydrogen-bond donors (Lipinski definition) is 1. The largest absolute Gasteiger partial charge is 0.504 e. The van der Waals surface area contributed by atoms with E-state index in [2.05, 4.69) is 4.98 Å². The fraction of sp³-hybridized carbons (Fsp3) is 0. The Bertz CT molecular complexity index is 584. The summed E-state index contributed by atoms with van der Waals surface area (Å²) < 4.78 is 13.4. The minimum Gasteiger partial charge on any atom is -0.504 e. The van der Waals surface area contributed by atoms with Gasteiger partial charge in [-0.15, -0.1) is 0 Å². The van der Waals surface area contributed by atoms with Crippen molar-refractivity contribution in [2.75, 3.05) is 0 Å². The highest BCUT2D eigenvalue weighted by atomic mass is 19.1. The molecule has 0 bridgehead atoms. The number of rotatable bonds is 1. The zero-order valence-corrected chi connectivity index (χ0v) is 8.22. The highest BCUT2D eigenvalue weighted by molar-refractivity contribution is 5.66. The van der Waals surface area contributed by atoms with Gasteiger partial charge in [-0.3, -0.25) is 9.78 Å². The van der Waals surface area contributed by atoms with E-state index in [1.54, 1.807) is 6.07 Å². The predicted octanol–water partition coefficient (Wildman–Crippen LogP) is 1.95. The molecule has 4 heteroatoms. The second-order valence-corrected chi connectivity index (χ2v) is 3.18. The molecule has 0 aliphatic heterocycles. The molecular weight excluding hydrogens is 209 g/mol. The van der Waals surface area contributed by atoms with Crippen molar-refractivity contribution >= 4 is 0 Å². The van der Waals surface area contributed by atoms with Crippen molar-refractivity contribution in [3.8, 4) is 17.0 Å². The van der Waals surface area contributed by atoms with Crippen LogP contribution in [0.25, 0.3) is 11.3 Å². The van der Waals surface area contributed by atoms with E-state index in [4.69, 9.17) is 0 Å². The van der Waals surface area contributed by atoms with Crippen LogP contribution in [0, 0.1) is 5.82 Å². The first-order chi connectivity index (χ1) is 7.70.